The Morgan fingerprint density at radius 2 is 1.91 bits per heavy atom. The minimum Gasteiger partial charge on any atom is -0.393 e. The lowest BCUT2D eigenvalue weighted by atomic mass is 9.96. The average Bonchev–Trinajstić information content (AvgIpc) is 3.43. The second kappa shape index (κ2) is 9.61. The number of nitriles is 1. The normalized spacial score (nSPS) is 20.5. The van der Waals surface area contributed by atoms with Gasteiger partial charge in [-0.25, -0.2) is 0 Å². The van der Waals surface area contributed by atoms with Gasteiger partial charge in [0, 0.05) is 18.3 Å². The lowest BCUT2D eigenvalue weighted by Crippen LogP contribution is -2.47. The van der Waals surface area contributed by atoms with Crippen LogP contribution in [0.2, 0.25) is 0 Å². The quantitative estimate of drug-likeness (QED) is 0.394. The number of aromatic amines is 1. The summed E-state index contributed by atoms with van der Waals surface area (Å²) < 4.78 is 0. The molecule has 164 valence electrons. The Bertz CT molecular complexity index is 1140. The van der Waals surface area contributed by atoms with Crippen molar-refractivity contribution in [3.05, 3.63) is 59.8 Å². The Morgan fingerprint density at radius 1 is 1.16 bits per heavy atom. The van der Waals surface area contributed by atoms with E-state index in [9.17, 15) is 10.4 Å². The largest absolute Gasteiger partial charge is 0.393 e. The zero-order valence-electron chi connectivity index (χ0n) is 17.9. The molecule has 4 rings (SSSR count). The molecule has 32 heavy (non-hydrogen) atoms. The Kier molecular flexibility index (Phi) is 6.66. The molecule has 0 spiro atoms. The van der Waals surface area contributed by atoms with Crippen LogP contribution in [0.15, 0.2) is 53.5 Å². The summed E-state index contributed by atoms with van der Waals surface area (Å²) in [5.41, 5.74) is 4.71. The second-order valence-corrected chi connectivity index (χ2v) is 8.54. The van der Waals surface area contributed by atoms with Crippen LogP contribution in [0.1, 0.15) is 37.4 Å². The molecule has 1 aromatic heterocycles. The first-order valence-electron chi connectivity index (χ1n) is 10.7. The van der Waals surface area contributed by atoms with Gasteiger partial charge in [-0.05, 0) is 23.1 Å². The van der Waals surface area contributed by atoms with Crippen LogP contribution in [0.4, 0.5) is 0 Å². The van der Waals surface area contributed by atoms with Crippen LogP contribution in [-0.2, 0) is 6.54 Å². The van der Waals surface area contributed by atoms with E-state index in [4.69, 9.17) is 11.6 Å². The monoisotopic (exact) mass is 448 g/mol. The number of nitrogens with one attached hydrogen (secondary N) is 1. The maximum absolute atomic E-state index is 9.87. The molecule has 0 bridgehead atoms. The zero-order valence-corrected chi connectivity index (χ0v) is 18.6. The van der Waals surface area contributed by atoms with Gasteiger partial charge in [0.05, 0.1) is 6.61 Å². The Morgan fingerprint density at radius 3 is 2.59 bits per heavy atom. The molecule has 7 nitrogen and oxygen atoms in total. The molecule has 2 heterocycles. The molecule has 2 N–H and O–H groups in total. The van der Waals surface area contributed by atoms with Crippen molar-refractivity contribution in [1.82, 2.24) is 20.3 Å². The number of H-pyrrole nitrogens is 1. The molecule has 2 aromatic carbocycles. The summed E-state index contributed by atoms with van der Waals surface area (Å²) in [4.78, 5) is 5.65. The summed E-state index contributed by atoms with van der Waals surface area (Å²) in [5, 5.41) is 29.8. The molecular weight excluding hydrogens is 424 g/mol. The van der Waals surface area contributed by atoms with Crippen molar-refractivity contribution in [2.24, 2.45) is 4.99 Å². The van der Waals surface area contributed by atoms with Crippen LogP contribution < -0.4 is 0 Å². The molecule has 1 aliphatic heterocycles. The third kappa shape index (κ3) is 4.30. The van der Waals surface area contributed by atoms with E-state index in [0.29, 0.717) is 12.2 Å². The molecule has 3 aromatic rings. The van der Waals surface area contributed by atoms with Crippen LogP contribution in [0.3, 0.4) is 0 Å². The van der Waals surface area contributed by atoms with E-state index in [1.807, 2.05) is 36.4 Å². The van der Waals surface area contributed by atoms with E-state index < -0.39 is 5.00 Å². The third-order valence-electron chi connectivity index (χ3n) is 5.77. The minimum absolute atomic E-state index is 0.0310. The lowest BCUT2D eigenvalue weighted by molar-refractivity contribution is 0.104. The molecule has 8 heteroatoms. The van der Waals surface area contributed by atoms with Crippen molar-refractivity contribution in [3.8, 4) is 28.5 Å². The number of aromatic nitrogens is 3. The number of benzene rings is 2. The number of halogens is 1. The van der Waals surface area contributed by atoms with Crippen molar-refractivity contribution in [2.45, 2.75) is 43.9 Å². The zero-order chi connectivity index (χ0) is 22.6. The molecule has 2 unspecified atom stereocenters. The maximum Gasteiger partial charge on any atom is 0.190 e. The van der Waals surface area contributed by atoms with Gasteiger partial charge in [-0.2, -0.15) is 15.6 Å². The fourth-order valence-electron chi connectivity index (χ4n) is 4.01. The van der Waals surface area contributed by atoms with E-state index in [1.165, 1.54) is 0 Å². The first-order chi connectivity index (χ1) is 15.6. The number of rotatable bonds is 8. The Balaban J connectivity index is 1.59. The molecule has 1 aliphatic rings. The smallest absolute Gasteiger partial charge is 0.190 e. The fraction of sp³-hybridized carbons (Fsp3) is 0.333. The van der Waals surface area contributed by atoms with E-state index in [-0.39, 0.29) is 18.5 Å². The van der Waals surface area contributed by atoms with E-state index in [1.54, 1.807) is 6.21 Å². The minimum atomic E-state index is -0.968. The number of hydrogen-bond acceptors (Lipinski definition) is 6. The average molecular weight is 449 g/mol. The molecule has 2 atom stereocenters. The van der Waals surface area contributed by atoms with Gasteiger partial charge in [-0.15, -0.1) is 5.10 Å². The van der Waals surface area contributed by atoms with Gasteiger partial charge < -0.3 is 5.11 Å². The van der Waals surface area contributed by atoms with Gasteiger partial charge >= 0.3 is 0 Å². The van der Waals surface area contributed by atoms with Gasteiger partial charge in [-0.3, -0.25) is 9.89 Å². The Hall–Kier alpha value is -3.05. The molecule has 0 saturated heterocycles. The predicted octanol–water partition coefficient (Wildman–Crippen LogP) is 4.34. The van der Waals surface area contributed by atoms with Gasteiger partial charge in [0.2, 0.25) is 0 Å². The summed E-state index contributed by atoms with van der Waals surface area (Å²) in [7, 11) is 0. The van der Waals surface area contributed by atoms with Gasteiger partial charge in [-0.1, -0.05) is 79.9 Å². The van der Waals surface area contributed by atoms with Crippen molar-refractivity contribution in [3.63, 3.8) is 0 Å². The molecule has 0 radical (unpaired) electrons. The highest BCUT2D eigenvalue weighted by molar-refractivity contribution is 6.32. The number of alkyl halides is 1. The highest BCUT2D eigenvalue weighted by Gasteiger charge is 2.41. The lowest BCUT2D eigenvalue weighted by Gasteiger charge is -2.33. The number of aliphatic hydroxyl groups excluding tert-OH is 1. The van der Waals surface area contributed by atoms with Crippen LogP contribution in [0.5, 0.6) is 0 Å². The first-order valence-corrected chi connectivity index (χ1v) is 11.1. The van der Waals surface area contributed by atoms with Crippen molar-refractivity contribution in [2.75, 3.05) is 6.61 Å². The SMILES string of the molecule is CCCCC1N=CC(Cl)(CO)N1Cc1ccc(-c2ccccc2-c2n[nH]nc2C#N)cc1. The third-order valence-corrected chi connectivity index (χ3v) is 6.21. The first kappa shape index (κ1) is 22.2. The summed E-state index contributed by atoms with van der Waals surface area (Å²) in [6.45, 7) is 2.55. The number of hydrogen-bond donors (Lipinski definition) is 2. The molecule has 0 aliphatic carbocycles. The molecule has 0 fully saturated rings. The van der Waals surface area contributed by atoms with E-state index in [0.717, 1.165) is 41.5 Å². The molecule has 0 amide bonds. The Labute approximate surface area is 192 Å². The van der Waals surface area contributed by atoms with Gasteiger partial charge in [0.15, 0.2) is 10.7 Å². The van der Waals surface area contributed by atoms with Crippen molar-refractivity contribution < 1.29 is 5.11 Å². The number of aliphatic imine (C=N–C) groups is 1. The fourth-order valence-corrected chi connectivity index (χ4v) is 4.24. The van der Waals surface area contributed by atoms with E-state index in [2.05, 4.69) is 50.4 Å². The van der Waals surface area contributed by atoms with Crippen LogP contribution in [-0.4, -0.2) is 49.4 Å². The highest BCUT2D eigenvalue weighted by atomic mass is 35.5. The highest BCUT2D eigenvalue weighted by Crippen LogP contribution is 2.34. The topological polar surface area (TPSA) is 101 Å². The number of nitrogens with zero attached hydrogens (tertiary/aromatic N) is 5. The van der Waals surface area contributed by atoms with E-state index >= 15 is 0 Å². The van der Waals surface area contributed by atoms with Crippen LogP contribution >= 0.6 is 11.6 Å². The van der Waals surface area contributed by atoms with Crippen molar-refractivity contribution in [1.29, 1.82) is 5.26 Å². The maximum atomic E-state index is 9.87. The second-order valence-electron chi connectivity index (χ2n) is 7.88. The van der Waals surface area contributed by atoms with Crippen molar-refractivity contribution >= 4 is 17.8 Å². The summed E-state index contributed by atoms with van der Waals surface area (Å²) in [5.74, 6) is 0. The summed E-state index contributed by atoms with van der Waals surface area (Å²) >= 11 is 6.66. The molecule has 0 saturated carbocycles. The number of unbranched alkanes of at least 4 members (excludes halogenated alkanes) is 1. The number of aliphatic hydroxyl groups is 1. The standard InChI is InChI=1S/C24H25ClN6O/c1-2-3-8-22-27-15-24(25,16-32)31(22)14-17-9-11-18(12-10-17)19-6-4-5-7-20(19)23-21(13-26)28-30-29-23/h4-7,9-12,15,22,32H,2-3,8,14,16H2,1H3,(H,28,29,30). The van der Waals surface area contributed by atoms with Gasteiger partial charge in [0.25, 0.3) is 0 Å². The van der Waals surface area contributed by atoms with Gasteiger partial charge in [0.1, 0.15) is 17.9 Å². The summed E-state index contributed by atoms with van der Waals surface area (Å²) in [6, 6.07) is 18.1. The molecular formula is C24H25ClN6O. The van der Waals surface area contributed by atoms with Crippen LogP contribution in [0.25, 0.3) is 22.4 Å². The predicted molar refractivity (Wildman–Crippen MR) is 125 cm³/mol. The van der Waals surface area contributed by atoms with Crippen LogP contribution in [0, 0.1) is 11.3 Å². The summed E-state index contributed by atoms with van der Waals surface area (Å²) in [6.07, 6.45) is 4.69.